The molecule has 1 unspecified atom stereocenters. The van der Waals surface area contributed by atoms with Crippen LogP contribution >= 0.6 is 0 Å². The Morgan fingerprint density at radius 1 is 1.50 bits per heavy atom. The first kappa shape index (κ1) is 13.2. The molecule has 4 nitrogen and oxygen atoms in total. The van der Waals surface area contributed by atoms with E-state index in [0.717, 1.165) is 25.5 Å². The Bertz CT molecular complexity index is 306. The number of aryl methyl sites for hydroxylation is 1. The number of nitrogens with zero attached hydrogens (tertiary/aromatic N) is 3. The average Bonchev–Trinajstić information content (AvgIpc) is 2.60. The Morgan fingerprint density at radius 2 is 2.19 bits per heavy atom. The Morgan fingerprint density at radius 3 is 2.62 bits per heavy atom. The van der Waals surface area contributed by atoms with Crippen molar-refractivity contribution >= 4 is 0 Å². The van der Waals surface area contributed by atoms with E-state index < -0.39 is 0 Å². The molecule has 0 saturated heterocycles. The van der Waals surface area contributed by atoms with Gasteiger partial charge in [0.2, 0.25) is 0 Å². The molecule has 1 aromatic rings. The Balaban J connectivity index is 2.47. The van der Waals surface area contributed by atoms with Crippen LogP contribution in [-0.2, 0) is 13.6 Å². The normalized spacial score (nSPS) is 13.7. The second kappa shape index (κ2) is 6.01. The van der Waals surface area contributed by atoms with Gasteiger partial charge in [0.05, 0.1) is 6.54 Å². The van der Waals surface area contributed by atoms with E-state index >= 15 is 0 Å². The van der Waals surface area contributed by atoms with E-state index in [1.54, 1.807) is 0 Å². The van der Waals surface area contributed by atoms with E-state index in [-0.39, 0.29) is 0 Å². The second-order valence-electron chi connectivity index (χ2n) is 4.89. The van der Waals surface area contributed by atoms with Gasteiger partial charge in [0.25, 0.3) is 0 Å². The lowest BCUT2D eigenvalue weighted by Crippen LogP contribution is -2.33. The van der Waals surface area contributed by atoms with Gasteiger partial charge in [0.1, 0.15) is 5.82 Å². The second-order valence-corrected chi connectivity index (χ2v) is 4.89. The molecule has 16 heavy (non-hydrogen) atoms. The standard InChI is InChI=1S/C12H24N4/c1-10(2)11(7-13)8-15(3)9-12-14-5-6-16(12)4/h5-6,10-11H,7-9,13H2,1-4H3. The Labute approximate surface area is 98.5 Å². The zero-order chi connectivity index (χ0) is 12.1. The summed E-state index contributed by atoms with van der Waals surface area (Å²) in [7, 11) is 4.15. The monoisotopic (exact) mass is 224 g/mol. The predicted molar refractivity (Wildman–Crippen MR) is 66.9 cm³/mol. The molecule has 0 saturated carbocycles. The van der Waals surface area contributed by atoms with Crippen LogP contribution in [0.25, 0.3) is 0 Å². The molecule has 1 aromatic heterocycles. The van der Waals surface area contributed by atoms with Crippen molar-refractivity contribution in [1.29, 1.82) is 0 Å². The smallest absolute Gasteiger partial charge is 0.122 e. The molecule has 0 bridgehead atoms. The van der Waals surface area contributed by atoms with Gasteiger partial charge in [0, 0.05) is 26.0 Å². The maximum Gasteiger partial charge on any atom is 0.122 e. The molecule has 1 heterocycles. The summed E-state index contributed by atoms with van der Waals surface area (Å²) < 4.78 is 2.06. The van der Waals surface area contributed by atoms with Gasteiger partial charge >= 0.3 is 0 Å². The highest BCUT2D eigenvalue weighted by atomic mass is 15.2. The fraction of sp³-hybridized carbons (Fsp3) is 0.750. The first-order valence-electron chi connectivity index (χ1n) is 5.89. The van der Waals surface area contributed by atoms with E-state index in [9.17, 15) is 0 Å². The summed E-state index contributed by atoms with van der Waals surface area (Å²) in [6.07, 6.45) is 3.82. The number of rotatable bonds is 6. The largest absolute Gasteiger partial charge is 0.337 e. The average molecular weight is 224 g/mol. The maximum absolute atomic E-state index is 5.78. The van der Waals surface area contributed by atoms with Gasteiger partial charge in [-0.05, 0) is 25.4 Å². The van der Waals surface area contributed by atoms with Crippen molar-refractivity contribution in [1.82, 2.24) is 14.5 Å². The number of hydrogen-bond donors (Lipinski definition) is 1. The molecular formula is C12H24N4. The first-order chi connectivity index (χ1) is 7.54. The Kier molecular flexibility index (Phi) is 4.96. The van der Waals surface area contributed by atoms with Crippen LogP contribution in [0.1, 0.15) is 19.7 Å². The molecule has 92 valence electrons. The molecule has 0 aromatic carbocycles. The van der Waals surface area contributed by atoms with Crippen LogP contribution in [-0.4, -0.2) is 34.6 Å². The molecular weight excluding hydrogens is 200 g/mol. The van der Waals surface area contributed by atoms with E-state index in [4.69, 9.17) is 5.73 Å². The van der Waals surface area contributed by atoms with Crippen molar-refractivity contribution in [2.45, 2.75) is 20.4 Å². The third-order valence-corrected chi connectivity index (χ3v) is 3.12. The van der Waals surface area contributed by atoms with Crippen LogP contribution in [0.3, 0.4) is 0 Å². The predicted octanol–water partition coefficient (Wildman–Crippen LogP) is 1.08. The maximum atomic E-state index is 5.78. The molecule has 0 aliphatic heterocycles. The zero-order valence-corrected chi connectivity index (χ0v) is 10.8. The summed E-state index contributed by atoms with van der Waals surface area (Å²) in [6.45, 7) is 7.12. The Hall–Kier alpha value is -0.870. The summed E-state index contributed by atoms with van der Waals surface area (Å²) in [5, 5.41) is 0. The third-order valence-electron chi connectivity index (χ3n) is 3.12. The molecule has 0 radical (unpaired) electrons. The summed E-state index contributed by atoms with van der Waals surface area (Å²) in [4.78, 5) is 6.62. The molecule has 1 atom stereocenters. The van der Waals surface area contributed by atoms with Gasteiger partial charge < -0.3 is 10.3 Å². The summed E-state index contributed by atoms with van der Waals surface area (Å²) in [5.74, 6) is 2.29. The molecule has 0 fully saturated rings. The first-order valence-corrected chi connectivity index (χ1v) is 5.89. The van der Waals surface area contributed by atoms with Crippen LogP contribution in [0.2, 0.25) is 0 Å². The SMILES string of the molecule is CC(C)C(CN)CN(C)Cc1nccn1C. The topological polar surface area (TPSA) is 47.1 Å². The van der Waals surface area contributed by atoms with Crippen molar-refractivity contribution in [2.24, 2.45) is 24.6 Å². The minimum atomic E-state index is 0.560. The molecule has 0 amide bonds. The van der Waals surface area contributed by atoms with Crippen molar-refractivity contribution in [3.8, 4) is 0 Å². The summed E-state index contributed by atoms with van der Waals surface area (Å²) >= 11 is 0. The highest BCUT2D eigenvalue weighted by Crippen LogP contribution is 2.11. The highest BCUT2D eigenvalue weighted by molar-refractivity contribution is 4.90. The van der Waals surface area contributed by atoms with Crippen LogP contribution < -0.4 is 5.73 Å². The van der Waals surface area contributed by atoms with Gasteiger partial charge in [-0.2, -0.15) is 0 Å². The number of aromatic nitrogens is 2. The minimum absolute atomic E-state index is 0.560. The number of hydrogen-bond acceptors (Lipinski definition) is 3. The van der Waals surface area contributed by atoms with E-state index in [0.29, 0.717) is 11.8 Å². The molecule has 1 rings (SSSR count). The van der Waals surface area contributed by atoms with Crippen LogP contribution in [0.15, 0.2) is 12.4 Å². The fourth-order valence-corrected chi connectivity index (χ4v) is 1.81. The van der Waals surface area contributed by atoms with E-state index in [1.807, 2.05) is 19.4 Å². The molecule has 0 aliphatic carbocycles. The van der Waals surface area contributed by atoms with E-state index in [1.165, 1.54) is 0 Å². The van der Waals surface area contributed by atoms with Crippen molar-refractivity contribution in [3.05, 3.63) is 18.2 Å². The lowest BCUT2D eigenvalue weighted by atomic mass is 9.95. The molecule has 0 aliphatic rings. The van der Waals surface area contributed by atoms with Gasteiger partial charge in [-0.25, -0.2) is 4.98 Å². The van der Waals surface area contributed by atoms with Crippen molar-refractivity contribution in [2.75, 3.05) is 20.1 Å². The zero-order valence-electron chi connectivity index (χ0n) is 10.8. The number of nitrogens with two attached hydrogens (primary N) is 1. The molecule has 0 spiro atoms. The number of imidazole rings is 1. The van der Waals surface area contributed by atoms with Gasteiger partial charge in [-0.3, -0.25) is 4.90 Å². The van der Waals surface area contributed by atoms with Gasteiger partial charge in [-0.1, -0.05) is 13.8 Å². The van der Waals surface area contributed by atoms with Gasteiger partial charge in [0.15, 0.2) is 0 Å². The van der Waals surface area contributed by atoms with E-state index in [2.05, 4.69) is 35.3 Å². The minimum Gasteiger partial charge on any atom is -0.337 e. The van der Waals surface area contributed by atoms with Crippen molar-refractivity contribution < 1.29 is 0 Å². The lowest BCUT2D eigenvalue weighted by Gasteiger charge is -2.25. The highest BCUT2D eigenvalue weighted by Gasteiger charge is 2.14. The molecule has 4 heteroatoms. The summed E-state index contributed by atoms with van der Waals surface area (Å²) in [5.41, 5.74) is 5.78. The van der Waals surface area contributed by atoms with Gasteiger partial charge in [-0.15, -0.1) is 0 Å². The quantitative estimate of drug-likeness (QED) is 0.786. The lowest BCUT2D eigenvalue weighted by molar-refractivity contribution is 0.229. The van der Waals surface area contributed by atoms with Crippen molar-refractivity contribution in [3.63, 3.8) is 0 Å². The molecule has 2 N–H and O–H groups in total. The van der Waals surface area contributed by atoms with Crippen LogP contribution in [0, 0.1) is 11.8 Å². The third kappa shape index (κ3) is 3.61. The fourth-order valence-electron chi connectivity index (χ4n) is 1.81. The summed E-state index contributed by atoms with van der Waals surface area (Å²) in [6, 6.07) is 0. The van der Waals surface area contributed by atoms with Crippen LogP contribution in [0.4, 0.5) is 0 Å². The van der Waals surface area contributed by atoms with Crippen LogP contribution in [0.5, 0.6) is 0 Å².